The fourth-order valence-electron chi connectivity index (χ4n) is 1.90. The molecule has 0 aliphatic heterocycles. The number of benzene rings is 2. The fraction of sp³-hybridized carbons (Fsp3) is 0.143. The van der Waals surface area contributed by atoms with E-state index in [0.717, 1.165) is 20.9 Å². The zero-order chi connectivity index (χ0) is 13.8. The van der Waals surface area contributed by atoms with Crippen LogP contribution in [0.15, 0.2) is 51.4 Å². The van der Waals surface area contributed by atoms with Crippen molar-refractivity contribution in [3.05, 3.63) is 67.6 Å². The molecule has 0 fully saturated rings. The molecule has 2 nitrogen and oxygen atoms in total. The van der Waals surface area contributed by atoms with E-state index >= 15 is 0 Å². The molecule has 0 spiro atoms. The van der Waals surface area contributed by atoms with Gasteiger partial charge in [0, 0.05) is 14.0 Å². The predicted molar refractivity (Wildman–Crippen MR) is 87.1 cm³/mol. The minimum atomic E-state index is 0.0350. The highest BCUT2D eigenvalue weighted by atomic mass is 79.9. The van der Waals surface area contributed by atoms with Crippen LogP contribution in [0, 0.1) is 0 Å². The first-order valence-corrected chi connectivity index (χ1v) is 7.72. The summed E-state index contributed by atoms with van der Waals surface area (Å²) in [4.78, 5) is 0. The van der Waals surface area contributed by atoms with Crippen molar-refractivity contribution in [3.63, 3.8) is 0 Å². The van der Waals surface area contributed by atoms with E-state index in [0.29, 0.717) is 5.02 Å². The molecule has 0 aliphatic rings. The van der Waals surface area contributed by atoms with E-state index in [1.54, 1.807) is 0 Å². The Hall–Kier alpha value is -0.390. The summed E-state index contributed by atoms with van der Waals surface area (Å²) in [5.41, 5.74) is 5.17. The summed E-state index contributed by atoms with van der Waals surface area (Å²) in [6.07, 6.45) is 0.810. The van der Waals surface area contributed by atoms with E-state index in [-0.39, 0.29) is 6.04 Å². The van der Waals surface area contributed by atoms with Gasteiger partial charge in [-0.25, -0.2) is 0 Å². The lowest BCUT2D eigenvalue weighted by molar-refractivity contribution is 0.550. The van der Waals surface area contributed by atoms with Gasteiger partial charge in [-0.2, -0.15) is 0 Å². The molecule has 0 aromatic heterocycles. The third kappa shape index (κ3) is 4.04. The van der Waals surface area contributed by atoms with Gasteiger partial charge in [-0.3, -0.25) is 11.3 Å². The van der Waals surface area contributed by atoms with E-state index in [1.165, 1.54) is 5.56 Å². The smallest absolute Gasteiger partial charge is 0.0511 e. The first-order valence-electron chi connectivity index (χ1n) is 5.75. The van der Waals surface area contributed by atoms with Crippen LogP contribution in [0.3, 0.4) is 0 Å². The van der Waals surface area contributed by atoms with E-state index < -0.39 is 0 Å². The lowest BCUT2D eigenvalue weighted by atomic mass is 9.99. The van der Waals surface area contributed by atoms with Gasteiger partial charge < -0.3 is 0 Å². The van der Waals surface area contributed by atoms with Crippen molar-refractivity contribution in [2.75, 3.05) is 0 Å². The minimum Gasteiger partial charge on any atom is -0.271 e. The van der Waals surface area contributed by atoms with Gasteiger partial charge in [-0.1, -0.05) is 61.7 Å². The largest absolute Gasteiger partial charge is 0.271 e. The topological polar surface area (TPSA) is 38.0 Å². The van der Waals surface area contributed by atoms with Crippen LogP contribution in [0.5, 0.6) is 0 Å². The minimum absolute atomic E-state index is 0.0350. The van der Waals surface area contributed by atoms with Crippen LogP contribution in [0.2, 0.25) is 5.02 Å². The summed E-state index contributed by atoms with van der Waals surface area (Å²) < 4.78 is 2.03. The zero-order valence-electron chi connectivity index (χ0n) is 10.0. The molecular weight excluding hydrogens is 391 g/mol. The Kier molecular flexibility index (Phi) is 5.42. The van der Waals surface area contributed by atoms with Gasteiger partial charge in [-0.15, -0.1) is 0 Å². The molecule has 0 amide bonds. The predicted octanol–water partition coefficient (Wildman–Crippen LogP) is 4.61. The average molecular weight is 405 g/mol. The molecule has 0 saturated carbocycles. The van der Waals surface area contributed by atoms with E-state index in [4.69, 9.17) is 17.4 Å². The molecular formula is C14H13Br2ClN2. The highest BCUT2D eigenvalue weighted by Gasteiger charge is 2.14. The van der Waals surface area contributed by atoms with Crippen LogP contribution in [-0.2, 0) is 6.42 Å². The van der Waals surface area contributed by atoms with Crippen LogP contribution in [0.4, 0.5) is 0 Å². The molecule has 3 N–H and O–H groups in total. The molecule has 2 aromatic rings. The third-order valence-electron chi connectivity index (χ3n) is 2.89. The van der Waals surface area contributed by atoms with Crippen LogP contribution < -0.4 is 11.3 Å². The number of hydrogen-bond donors (Lipinski definition) is 2. The van der Waals surface area contributed by atoms with Crippen molar-refractivity contribution >= 4 is 43.5 Å². The second-order valence-electron chi connectivity index (χ2n) is 4.22. The molecule has 0 radical (unpaired) electrons. The SMILES string of the molecule is NNC(Cc1ccc(Br)cc1)c1ccc(Cl)cc1Br. The normalized spacial score (nSPS) is 12.4. The van der Waals surface area contributed by atoms with Crippen molar-refractivity contribution in [2.24, 2.45) is 5.84 Å². The summed E-state index contributed by atoms with van der Waals surface area (Å²) in [6.45, 7) is 0. The van der Waals surface area contributed by atoms with Gasteiger partial charge in [0.1, 0.15) is 0 Å². The summed E-state index contributed by atoms with van der Waals surface area (Å²) in [7, 11) is 0. The summed E-state index contributed by atoms with van der Waals surface area (Å²) in [5.74, 6) is 5.68. The first-order chi connectivity index (χ1) is 9.10. The zero-order valence-corrected chi connectivity index (χ0v) is 14.0. The molecule has 2 rings (SSSR count). The maximum atomic E-state index is 5.96. The maximum Gasteiger partial charge on any atom is 0.0511 e. The fourth-order valence-corrected chi connectivity index (χ4v) is 3.12. The van der Waals surface area contributed by atoms with Crippen molar-refractivity contribution in [2.45, 2.75) is 12.5 Å². The molecule has 100 valence electrons. The van der Waals surface area contributed by atoms with Gasteiger partial charge in [0.15, 0.2) is 0 Å². The van der Waals surface area contributed by atoms with E-state index in [1.807, 2.05) is 30.3 Å². The van der Waals surface area contributed by atoms with Gasteiger partial charge in [0.05, 0.1) is 6.04 Å². The van der Waals surface area contributed by atoms with E-state index in [2.05, 4.69) is 49.4 Å². The Balaban J connectivity index is 2.22. The second-order valence-corrected chi connectivity index (χ2v) is 6.42. The van der Waals surface area contributed by atoms with E-state index in [9.17, 15) is 0 Å². The molecule has 0 bridgehead atoms. The Bertz CT molecular complexity index is 558. The summed E-state index contributed by atoms with van der Waals surface area (Å²) >= 11 is 12.9. The van der Waals surface area contributed by atoms with Crippen LogP contribution in [0.25, 0.3) is 0 Å². The van der Waals surface area contributed by atoms with Crippen molar-refractivity contribution in [1.82, 2.24) is 5.43 Å². The highest BCUT2D eigenvalue weighted by molar-refractivity contribution is 9.10. The van der Waals surface area contributed by atoms with Crippen molar-refractivity contribution in [1.29, 1.82) is 0 Å². The lowest BCUT2D eigenvalue weighted by Gasteiger charge is -2.18. The molecule has 1 unspecified atom stereocenters. The van der Waals surface area contributed by atoms with Crippen LogP contribution in [-0.4, -0.2) is 0 Å². The Labute approximate surface area is 134 Å². The lowest BCUT2D eigenvalue weighted by Crippen LogP contribution is -2.29. The summed E-state index contributed by atoms with van der Waals surface area (Å²) in [6, 6.07) is 14.0. The number of halogens is 3. The molecule has 2 aromatic carbocycles. The quantitative estimate of drug-likeness (QED) is 0.577. The Morgan fingerprint density at radius 1 is 1.11 bits per heavy atom. The molecule has 1 atom stereocenters. The van der Waals surface area contributed by atoms with Gasteiger partial charge in [0.2, 0.25) is 0 Å². The molecule has 5 heteroatoms. The Morgan fingerprint density at radius 3 is 2.37 bits per heavy atom. The molecule has 19 heavy (non-hydrogen) atoms. The number of hydrogen-bond acceptors (Lipinski definition) is 2. The Morgan fingerprint density at radius 2 is 1.79 bits per heavy atom. The van der Waals surface area contributed by atoms with Gasteiger partial charge >= 0.3 is 0 Å². The molecule has 0 heterocycles. The van der Waals surface area contributed by atoms with Gasteiger partial charge in [-0.05, 0) is 41.8 Å². The number of rotatable bonds is 4. The number of nitrogens with one attached hydrogen (secondary N) is 1. The van der Waals surface area contributed by atoms with Crippen molar-refractivity contribution in [3.8, 4) is 0 Å². The molecule has 0 saturated heterocycles. The standard InChI is InChI=1S/C14H13Br2ClN2/c15-10-3-1-9(2-4-10)7-14(19-18)12-6-5-11(17)8-13(12)16/h1-6,8,14,19H,7,18H2. The maximum absolute atomic E-state index is 5.96. The number of hydrazine groups is 1. The molecule has 0 aliphatic carbocycles. The second kappa shape index (κ2) is 6.86. The summed E-state index contributed by atoms with van der Waals surface area (Å²) in [5, 5.41) is 0.704. The third-order valence-corrected chi connectivity index (χ3v) is 4.34. The van der Waals surface area contributed by atoms with Crippen LogP contribution in [0.1, 0.15) is 17.2 Å². The van der Waals surface area contributed by atoms with Crippen molar-refractivity contribution < 1.29 is 0 Å². The monoisotopic (exact) mass is 402 g/mol. The highest BCUT2D eigenvalue weighted by Crippen LogP contribution is 2.28. The van der Waals surface area contributed by atoms with Crippen LogP contribution >= 0.6 is 43.5 Å². The van der Waals surface area contributed by atoms with Gasteiger partial charge in [0.25, 0.3) is 0 Å². The number of nitrogens with two attached hydrogens (primary N) is 1. The first kappa shape index (κ1) is 15.0. The average Bonchev–Trinajstić information content (AvgIpc) is 2.39.